The lowest BCUT2D eigenvalue weighted by atomic mass is 9.85. The molecule has 0 aliphatic carbocycles. The van der Waals surface area contributed by atoms with E-state index in [-0.39, 0.29) is 11.8 Å². The van der Waals surface area contributed by atoms with Crippen LogP contribution in [0.1, 0.15) is 18.4 Å². The van der Waals surface area contributed by atoms with Gasteiger partial charge in [-0.25, -0.2) is 0 Å². The number of carbonyl (C=O) groups excluding carboxylic acids is 2. The number of benzene rings is 1. The van der Waals surface area contributed by atoms with Gasteiger partial charge in [0, 0.05) is 13.0 Å². The van der Waals surface area contributed by atoms with Gasteiger partial charge in [-0.1, -0.05) is 30.3 Å². The van der Waals surface area contributed by atoms with Crippen molar-refractivity contribution >= 4 is 11.8 Å². The number of hydrogen-bond acceptors (Lipinski definition) is 3. The maximum Gasteiger partial charge on any atom is 0.237 e. The molecule has 1 aromatic carbocycles. The Morgan fingerprint density at radius 2 is 2.00 bits per heavy atom. The number of nitrogens with zero attached hydrogens (tertiary/aromatic N) is 1. The van der Waals surface area contributed by atoms with Crippen LogP contribution in [-0.4, -0.2) is 29.8 Å². The molecule has 2 saturated heterocycles. The number of likely N-dealkylation sites (tertiary alicyclic amines) is 1. The highest BCUT2D eigenvalue weighted by Gasteiger charge is 2.52. The molecular formula is C14H16N2O2. The molecule has 4 nitrogen and oxygen atoms in total. The van der Waals surface area contributed by atoms with E-state index in [2.05, 4.69) is 5.32 Å². The van der Waals surface area contributed by atoms with E-state index in [4.69, 9.17) is 0 Å². The molecule has 94 valence electrons. The predicted octanol–water partition coefficient (Wildman–Crippen LogP) is 0.925. The number of imide groups is 1. The fourth-order valence-electron chi connectivity index (χ4n) is 2.86. The van der Waals surface area contributed by atoms with Crippen LogP contribution in [0.4, 0.5) is 0 Å². The van der Waals surface area contributed by atoms with E-state index in [0.717, 1.165) is 18.5 Å². The van der Waals surface area contributed by atoms with Gasteiger partial charge < -0.3 is 5.32 Å². The van der Waals surface area contributed by atoms with Crippen molar-refractivity contribution in [1.82, 2.24) is 10.2 Å². The Hall–Kier alpha value is -1.68. The average Bonchev–Trinajstić information content (AvgIpc) is 2.93. The van der Waals surface area contributed by atoms with Crippen molar-refractivity contribution in [3.8, 4) is 0 Å². The molecule has 0 saturated carbocycles. The third kappa shape index (κ3) is 1.73. The molecular weight excluding hydrogens is 228 g/mol. The highest BCUT2D eigenvalue weighted by atomic mass is 16.2. The van der Waals surface area contributed by atoms with Gasteiger partial charge in [0.15, 0.2) is 0 Å². The summed E-state index contributed by atoms with van der Waals surface area (Å²) in [4.78, 5) is 25.9. The molecule has 3 rings (SSSR count). The summed E-state index contributed by atoms with van der Waals surface area (Å²) in [5, 5.41) is 3.19. The van der Waals surface area contributed by atoms with Crippen LogP contribution in [0.5, 0.6) is 0 Å². The second-order valence-corrected chi connectivity index (χ2v) is 5.15. The first kappa shape index (κ1) is 11.4. The highest BCUT2D eigenvalue weighted by molar-refractivity contribution is 6.06. The molecule has 1 N–H and O–H groups in total. The first-order valence-electron chi connectivity index (χ1n) is 6.31. The van der Waals surface area contributed by atoms with E-state index < -0.39 is 5.41 Å². The maximum absolute atomic E-state index is 12.4. The molecule has 0 unspecified atom stereocenters. The molecule has 0 aromatic heterocycles. The maximum atomic E-state index is 12.4. The van der Waals surface area contributed by atoms with Crippen LogP contribution in [0.25, 0.3) is 0 Å². The molecule has 18 heavy (non-hydrogen) atoms. The number of amides is 2. The van der Waals surface area contributed by atoms with Crippen LogP contribution in [0.2, 0.25) is 0 Å². The Kier molecular flexibility index (Phi) is 2.67. The molecule has 2 aliphatic heterocycles. The van der Waals surface area contributed by atoms with Crippen molar-refractivity contribution in [2.45, 2.75) is 19.4 Å². The molecule has 4 heteroatoms. The topological polar surface area (TPSA) is 49.4 Å². The summed E-state index contributed by atoms with van der Waals surface area (Å²) in [6.45, 7) is 1.88. The molecule has 0 bridgehead atoms. The molecule has 1 aromatic rings. The van der Waals surface area contributed by atoms with Gasteiger partial charge in [0.2, 0.25) is 11.8 Å². The third-order valence-electron chi connectivity index (χ3n) is 3.92. The molecule has 0 radical (unpaired) electrons. The molecule has 1 spiro atoms. The second kappa shape index (κ2) is 4.21. The minimum atomic E-state index is -0.453. The fraction of sp³-hybridized carbons (Fsp3) is 0.429. The van der Waals surface area contributed by atoms with E-state index in [1.54, 1.807) is 0 Å². The van der Waals surface area contributed by atoms with Gasteiger partial charge in [0.05, 0.1) is 12.0 Å². The van der Waals surface area contributed by atoms with Gasteiger partial charge >= 0.3 is 0 Å². The SMILES string of the molecule is O=C1C[C@@]2(CCNC2)C(=O)N1Cc1ccccc1. The summed E-state index contributed by atoms with van der Waals surface area (Å²) in [6, 6.07) is 9.66. The highest BCUT2D eigenvalue weighted by Crippen LogP contribution is 2.38. The van der Waals surface area contributed by atoms with Crippen LogP contribution < -0.4 is 5.32 Å². The van der Waals surface area contributed by atoms with E-state index in [0.29, 0.717) is 19.5 Å². The van der Waals surface area contributed by atoms with Gasteiger partial charge in [-0.05, 0) is 18.5 Å². The number of carbonyl (C=O) groups is 2. The molecule has 2 aliphatic rings. The zero-order valence-electron chi connectivity index (χ0n) is 10.2. The van der Waals surface area contributed by atoms with Crippen LogP contribution in [0, 0.1) is 5.41 Å². The Morgan fingerprint density at radius 3 is 2.67 bits per heavy atom. The Balaban J connectivity index is 1.81. The van der Waals surface area contributed by atoms with Gasteiger partial charge in [-0.2, -0.15) is 0 Å². The van der Waals surface area contributed by atoms with Crippen molar-refractivity contribution < 1.29 is 9.59 Å². The van der Waals surface area contributed by atoms with Gasteiger partial charge in [0.25, 0.3) is 0 Å². The zero-order chi connectivity index (χ0) is 12.6. The average molecular weight is 244 g/mol. The number of rotatable bonds is 2. The quantitative estimate of drug-likeness (QED) is 0.787. The Labute approximate surface area is 106 Å². The minimum Gasteiger partial charge on any atom is -0.316 e. The van der Waals surface area contributed by atoms with Crippen LogP contribution in [0.15, 0.2) is 30.3 Å². The summed E-state index contributed by atoms with van der Waals surface area (Å²) in [7, 11) is 0. The summed E-state index contributed by atoms with van der Waals surface area (Å²) in [5.74, 6) is -0.0334. The number of nitrogens with one attached hydrogen (secondary N) is 1. The summed E-state index contributed by atoms with van der Waals surface area (Å²) in [5.41, 5.74) is 0.550. The second-order valence-electron chi connectivity index (χ2n) is 5.15. The van der Waals surface area contributed by atoms with Crippen molar-refractivity contribution in [1.29, 1.82) is 0 Å². The minimum absolute atomic E-state index is 0.00125. The first-order chi connectivity index (χ1) is 8.71. The van der Waals surface area contributed by atoms with Gasteiger partial charge in [-0.3, -0.25) is 14.5 Å². The lowest BCUT2D eigenvalue weighted by Gasteiger charge is -2.20. The molecule has 1 atom stereocenters. The monoisotopic (exact) mass is 244 g/mol. The largest absolute Gasteiger partial charge is 0.316 e. The van der Waals surface area contributed by atoms with E-state index in [1.165, 1.54) is 4.90 Å². The van der Waals surface area contributed by atoms with E-state index in [9.17, 15) is 9.59 Å². The van der Waals surface area contributed by atoms with Crippen LogP contribution >= 0.6 is 0 Å². The van der Waals surface area contributed by atoms with Crippen LogP contribution in [0.3, 0.4) is 0 Å². The Morgan fingerprint density at radius 1 is 1.22 bits per heavy atom. The molecule has 2 fully saturated rings. The zero-order valence-corrected chi connectivity index (χ0v) is 10.2. The van der Waals surface area contributed by atoms with E-state index >= 15 is 0 Å². The normalized spacial score (nSPS) is 27.4. The van der Waals surface area contributed by atoms with Gasteiger partial charge in [-0.15, -0.1) is 0 Å². The fourth-order valence-corrected chi connectivity index (χ4v) is 2.86. The molecule has 2 heterocycles. The van der Waals surface area contributed by atoms with Crippen molar-refractivity contribution in [2.24, 2.45) is 5.41 Å². The predicted molar refractivity (Wildman–Crippen MR) is 66.5 cm³/mol. The summed E-state index contributed by atoms with van der Waals surface area (Å²) in [6.07, 6.45) is 1.15. The van der Waals surface area contributed by atoms with Crippen LogP contribution in [-0.2, 0) is 16.1 Å². The van der Waals surface area contributed by atoms with Gasteiger partial charge in [0.1, 0.15) is 0 Å². The summed E-state index contributed by atoms with van der Waals surface area (Å²) < 4.78 is 0. The van der Waals surface area contributed by atoms with Crippen molar-refractivity contribution in [3.05, 3.63) is 35.9 Å². The van der Waals surface area contributed by atoms with Crippen molar-refractivity contribution in [2.75, 3.05) is 13.1 Å². The van der Waals surface area contributed by atoms with Crippen molar-refractivity contribution in [3.63, 3.8) is 0 Å². The molecule has 2 amide bonds. The van der Waals surface area contributed by atoms with E-state index in [1.807, 2.05) is 30.3 Å². The standard InChI is InChI=1S/C14H16N2O2/c17-12-8-14(6-7-15-10-14)13(18)16(12)9-11-4-2-1-3-5-11/h1-5,15H,6-10H2/t14-/m1/s1. The third-order valence-corrected chi connectivity index (χ3v) is 3.92. The lowest BCUT2D eigenvalue weighted by Crippen LogP contribution is -2.36. The smallest absolute Gasteiger partial charge is 0.237 e. The Bertz CT molecular complexity index is 478. The lowest BCUT2D eigenvalue weighted by molar-refractivity contribution is -0.141. The summed E-state index contributed by atoms with van der Waals surface area (Å²) >= 11 is 0. The number of hydrogen-bond donors (Lipinski definition) is 1. The first-order valence-corrected chi connectivity index (χ1v) is 6.31.